The summed E-state index contributed by atoms with van der Waals surface area (Å²) in [5, 5.41) is 6.70. The smallest absolute Gasteiger partial charge is 0.227 e. The lowest BCUT2D eigenvalue weighted by Gasteiger charge is -2.17. The number of aryl methyl sites for hydroxylation is 1. The van der Waals surface area contributed by atoms with Crippen molar-refractivity contribution in [1.82, 2.24) is 15.3 Å². The number of benzene rings is 1. The largest absolute Gasteiger partial charge is 0.368 e. The van der Waals surface area contributed by atoms with Gasteiger partial charge in [0, 0.05) is 56.9 Å². The van der Waals surface area contributed by atoms with Crippen molar-refractivity contribution < 1.29 is 9.59 Å². The Kier molecular flexibility index (Phi) is 6.53. The first-order chi connectivity index (χ1) is 13.8. The Hall–Kier alpha value is -2.87. The first-order valence-electron chi connectivity index (χ1n) is 9.44. The zero-order valence-corrected chi connectivity index (χ0v) is 17.5. The minimum Gasteiger partial charge on any atom is -0.368 e. The standard InChI is InChI=1S/C20H25ClN6O2/c1-13-24-17(11-18(25-13)26(2)3)22-8-9-23-20(29)14-10-19(28)27(12-14)16-6-4-15(21)5-7-16/h4-7,11,14H,8-10,12H2,1-3H3,(H,23,29)(H,22,24,25). The molecule has 1 fully saturated rings. The van der Waals surface area contributed by atoms with Crippen LogP contribution in [0.5, 0.6) is 0 Å². The van der Waals surface area contributed by atoms with E-state index in [2.05, 4.69) is 20.6 Å². The average Bonchev–Trinajstić information content (AvgIpc) is 3.07. The van der Waals surface area contributed by atoms with Gasteiger partial charge in [-0.25, -0.2) is 9.97 Å². The molecule has 1 aliphatic heterocycles. The van der Waals surface area contributed by atoms with Crippen LogP contribution in [0.1, 0.15) is 12.2 Å². The Morgan fingerprint density at radius 2 is 1.97 bits per heavy atom. The Bertz CT molecular complexity index is 887. The molecule has 0 spiro atoms. The van der Waals surface area contributed by atoms with E-state index in [1.54, 1.807) is 29.2 Å². The normalized spacial score (nSPS) is 16.1. The van der Waals surface area contributed by atoms with Gasteiger partial charge in [-0.2, -0.15) is 0 Å². The van der Waals surface area contributed by atoms with E-state index in [1.807, 2.05) is 32.0 Å². The van der Waals surface area contributed by atoms with E-state index in [0.717, 1.165) is 11.5 Å². The second kappa shape index (κ2) is 9.09. The van der Waals surface area contributed by atoms with Crippen molar-refractivity contribution in [2.45, 2.75) is 13.3 Å². The Morgan fingerprint density at radius 1 is 1.24 bits per heavy atom. The Labute approximate surface area is 175 Å². The van der Waals surface area contributed by atoms with Crippen molar-refractivity contribution in [2.24, 2.45) is 5.92 Å². The number of aromatic nitrogens is 2. The summed E-state index contributed by atoms with van der Waals surface area (Å²) in [5.41, 5.74) is 0.757. The van der Waals surface area contributed by atoms with Gasteiger partial charge in [0.05, 0.1) is 5.92 Å². The molecular formula is C20H25ClN6O2. The van der Waals surface area contributed by atoms with Gasteiger partial charge in [-0.3, -0.25) is 9.59 Å². The van der Waals surface area contributed by atoms with Gasteiger partial charge in [0.15, 0.2) is 0 Å². The van der Waals surface area contributed by atoms with Crippen LogP contribution in [0.15, 0.2) is 30.3 Å². The molecule has 1 saturated heterocycles. The van der Waals surface area contributed by atoms with Gasteiger partial charge in [-0.1, -0.05) is 11.6 Å². The average molecular weight is 417 g/mol. The molecular weight excluding hydrogens is 392 g/mol. The fraction of sp³-hybridized carbons (Fsp3) is 0.400. The number of nitrogens with one attached hydrogen (secondary N) is 2. The van der Waals surface area contributed by atoms with Crippen molar-refractivity contribution in [1.29, 1.82) is 0 Å². The number of carbonyl (C=O) groups excluding carboxylic acids is 2. The maximum Gasteiger partial charge on any atom is 0.227 e. The van der Waals surface area contributed by atoms with Crippen LogP contribution in [0.25, 0.3) is 0 Å². The number of rotatable bonds is 7. The van der Waals surface area contributed by atoms with Crippen molar-refractivity contribution in [2.75, 3.05) is 48.8 Å². The number of hydrogen-bond donors (Lipinski definition) is 2. The third kappa shape index (κ3) is 5.35. The van der Waals surface area contributed by atoms with Crippen molar-refractivity contribution in [3.05, 3.63) is 41.2 Å². The Morgan fingerprint density at radius 3 is 2.66 bits per heavy atom. The lowest BCUT2D eigenvalue weighted by molar-refractivity contribution is -0.126. The number of carbonyl (C=O) groups is 2. The molecule has 0 bridgehead atoms. The second-order valence-corrected chi connectivity index (χ2v) is 7.59. The molecule has 0 aliphatic carbocycles. The first-order valence-corrected chi connectivity index (χ1v) is 9.82. The van der Waals surface area contributed by atoms with Crippen LogP contribution in [0, 0.1) is 12.8 Å². The number of amides is 2. The van der Waals surface area contributed by atoms with Crippen molar-refractivity contribution in [3.8, 4) is 0 Å². The highest BCUT2D eigenvalue weighted by Gasteiger charge is 2.34. The summed E-state index contributed by atoms with van der Waals surface area (Å²) in [4.78, 5) is 37.0. The summed E-state index contributed by atoms with van der Waals surface area (Å²) in [5.74, 6) is 1.66. The molecule has 2 aromatic rings. The minimum absolute atomic E-state index is 0.0572. The molecule has 9 heteroatoms. The highest BCUT2D eigenvalue weighted by Crippen LogP contribution is 2.26. The minimum atomic E-state index is -0.361. The van der Waals surface area contributed by atoms with Crippen LogP contribution in [-0.2, 0) is 9.59 Å². The molecule has 1 aromatic carbocycles. The lowest BCUT2D eigenvalue weighted by atomic mass is 10.1. The predicted octanol–water partition coefficient (Wildman–Crippen LogP) is 2.09. The van der Waals surface area contributed by atoms with Gasteiger partial charge >= 0.3 is 0 Å². The topological polar surface area (TPSA) is 90.5 Å². The summed E-state index contributed by atoms with van der Waals surface area (Å²) in [6, 6.07) is 8.90. The monoisotopic (exact) mass is 416 g/mol. The molecule has 0 radical (unpaired) electrons. The first kappa shape index (κ1) is 20.9. The predicted molar refractivity (Wildman–Crippen MR) is 115 cm³/mol. The van der Waals surface area contributed by atoms with Gasteiger partial charge in [-0.05, 0) is 31.2 Å². The lowest BCUT2D eigenvalue weighted by Crippen LogP contribution is -2.35. The quantitative estimate of drug-likeness (QED) is 0.671. The fourth-order valence-electron chi connectivity index (χ4n) is 3.15. The number of halogens is 1. The summed E-state index contributed by atoms with van der Waals surface area (Å²) in [6.45, 7) is 3.17. The Balaban J connectivity index is 1.48. The van der Waals surface area contributed by atoms with Gasteiger partial charge in [0.25, 0.3) is 0 Å². The van der Waals surface area contributed by atoms with E-state index in [-0.39, 0.29) is 24.2 Å². The van der Waals surface area contributed by atoms with Gasteiger partial charge in [0.2, 0.25) is 11.8 Å². The van der Waals surface area contributed by atoms with Crippen LogP contribution >= 0.6 is 11.6 Å². The third-order valence-corrected chi connectivity index (χ3v) is 4.90. The molecule has 3 rings (SSSR count). The maximum absolute atomic E-state index is 12.5. The van der Waals surface area contributed by atoms with Crippen LogP contribution < -0.4 is 20.4 Å². The SMILES string of the molecule is Cc1nc(NCCNC(=O)C2CC(=O)N(c3ccc(Cl)cc3)C2)cc(N(C)C)n1. The van der Waals surface area contributed by atoms with Crippen LogP contribution in [-0.4, -0.2) is 55.5 Å². The molecule has 1 aromatic heterocycles. The highest BCUT2D eigenvalue weighted by atomic mass is 35.5. The number of hydrogen-bond acceptors (Lipinski definition) is 6. The van der Waals surface area contributed by atoms with Crippen molar-refractivity contribution in [3.63, 3.8) is 0 Å². The number of anilines is 3. The summed E-state index contributed by atoms with van der Waals surface area (Å²) < 4.78 is 0. The van der Waals surface area contributed by atoms with E-state index >= 15 is 0 Å². The summed E-state index contributed by atoms with van der Waals surface area (Å²) >= 11 is 5.90. The van der Waals surface area contributed by atoms with E-state index < -0.39 is 0 Å². The molecule has 1 atom stereocenters. The molecule has 1 unspecified atom stereocenters. The van der Waals surface area contributed by atoms with Gasteiger partial charge < -0.3 is 20.4 Å². The van der Waals surface area contributed by atoms with Crippen molar-refractivity contribution >= 4 is 40.7 Å². The summed E-state index contributed by atoms with van der Waals surface area (Å²) in [7, 11) is 3.84. The van der Waals surface area contributed by atoms with E-state index in [0.29, 0.717) is 36.3 Å². The molecule has 154 valence electrons. The highest BCUT2D eigenvalue weighted by molar-refractivity contribution is 6.30. The molecule has 1 aliphatic rings. The molecule has 2 N–H and O–H groups in total. The zero-order valence-electron chi connectivity index (χ0n) is 16.8. The number of nitrogens with zero attached hydrogens (tertiary/aromatic N) is 4. The second-order valence-electron chi connectivity index (χ2n) is 7.15. The molecule has 29 heavy (non-hydrogen) atoms. The van der Waals surface area contributed by atoms with Crippen LogP contribution in [0.3, 0.4) is 0 Å². The molecule has 8 nitrogen and oxygen atoms in total. The van der Waals surface area contributed by atoms with Gasteiger partial charge in [0.1, 0.15) is 17.5 Å². The fourth-order valence-corrected chi connectivity index (χ4v) is 3.27. The van der Waals surface area contributed by atoms with Gasteiger partial charge in [-0.15, -0.1) is 0 Å². The van der Waals surface area contributed by atoms with Crippen LogP contribution in [0.2, 0.25) is 5.02 Å². The summed E-state index contributed by atoms with van der Waals surface area (Å²) in [6.07, 6.45) is 0.208. The van der Waals surface area contributed by atoms with Crippen LogP contribution in [0.4, 0.5) is 17.3 Å². The maximum atomic E-state index is 12.5. The van der Waals surface area contributed by atoms with E-state index in [9.17, 15) is 9.59 Å². The zero-order chi connectivity index (χ0) is 21.0. The molecule has 2 amide bonds. The molecule has 0 saturated carbocycles. The molecule has 2 heterocycles. The van der Waals surface area contributed by atoms with E-state index in [4.69, 9.17) is 11.6 Å². The third-order valence-electron chi connectivity index (χ3n) is 4.65. The van der Waals surface area contributed by atoms with E-state index in [1.165, 1.54) is 0 Å².